The highest BCUT2D eigenvalue weighted by Gasteiger charge is 2.40. The fraction of sp³-hybridized carbons (Fsp3) is 0.556. The van der Waals surface area contributed by atoms with Crippen molar-refractivity contribution in [1.82, 2.24) is 24.0 Å². The maximum absolute atomic E-state index is 14.5. The van der Waals surface area contributed by atoms with Gasteiger partial charge in [0.15, 0.2) is 17.4 Å². The number of benzene rings is 1. The van der Waals surface area contributed by atoms with Gasteiger partial charge in [0.05, 0.1) is 12.5 Å². The van der Waals surface area contributed by atoms with Crippen molar-refractivity contribution in [3.05, 3.63) is 39.8 Å². The highest BCUT2D eigenvalue weighted by atomic mass is 19.1. The molecule has 5 rings (SSSR count). The maximum atomic E-state index is 14.5. The van der Waals surface area contributed by atoms with Crippen molar-refractivity contribution in [3.8, 4) is 17.6 Å². The first kappa shape index (κ1) is 26.0. The zero-order chi connectivity index (χ0) is 27.5. The number of hydrogen-bond donors (Lipinski definition) is 0. The number of fused-ring (bicyclic) bond motifs is 2. The maximum Gasteiger partial charge on any atom is 0.350 e. The summed E-state index contributed by atoms with van der Waals surface area (Å²) in [5.41, 5.74) is 1.81. The monoisotopic (exact) mass is 523 g/mol. The van der Waals surface area contributed by atoms with Gasteiger partial charge in [-0.1, -0.05) is 6.07 Å². The Hall–Kier alpha value is -3.65. The third-order valence-corrected chi connectivity index (χ3v) is 7.64. The number of piperazine rings is 1. The van der Waals surface area contributed by atoms with Gasteiger partial charge in [-0.05, 0) is 33.8 Å². The van der Waals surface area contributed by atoms with Gasteiger partial charge in [0, 0.05) is 64.2 Å². The second kappa shape index (κ2) is 9.27. The molecule has 2 aliphatic heterocycles. The van der Waals surface area contributed by atoms with Gasteiger partial charge in [-0.2, -0.15) is 10.2 Å². The molecule has 3 atom stereocenters. The molecule has 1 aromatic carbocycles. The summed E-state index contributed by atoms with van der Waals surface area (Å²) in [5, 5.41) is 9.32. The zero-order valence-corrected chi connectivity index (χ0v) is 22.9. The Balaban J connectivity index is 1.49. The van der Waals surface area contributed by atoms with Crippen LogP contribution in [0.25, 0.3) is 11.2 Å². The molecule has 0 radical (unpaired) electrons. The molecule has 0 amide bonds. The first-order valence-corrected chi connectivity index (χ1v) is 13.0. The van der Waals surface area contributed by atoms with Crippen molar-refractivity contribution in [2.24, 2.45) is 7.05 Å². The number of anilines is 1. The predicted molar refractivity (Wildman–Crippen MR) is 141 cm³/mol. The largest absolute Gasteiger partial charge is 0.449 e. The molecule has 0 bridgehead atoms. The molecule has 0 spiro atoms. The SMILES string of the molecule is CCn1c(CC#N)nc2c(N3C[C@@H](C)N(C(C)c4ccc(F)c5c4OC(C)(C)O5)C[C@@H]3C)nc(=O)n(C)c21. The Labute approximate surface area is 221 Å². The van der Waals surface area contributed by atoms with Crippen molar-refractivity contribution in [3.63, 3.8) is 0 Å². The average Bonchev–Trinajstić information content (AvgIpc) is 3.40. The molecule has 11 heteroatoms. The summed E-state index contributed by atoms with van der Waals surface area (Å²) in [4.78, 5) is 26.6. The van der Waals surface area contributed by atoms with Gasteiger partial charge in [0.1, 0.15) is 17.0 Å². The Morgan fingerprint density at radius 3 is 2.58 bits per heavy atom. The third-order valence-electron chi connectivity index (χ3n) is 7.64. The van der Waals surface area contributed by atoms with E-state index in [2.05, 4.69) is 41.6 Å². The summed E-state index contributed by atoms with van der Waals surface area (Å²) < 4.78 is 29.7. The number of nitriles is 1. The Morgan fingerprint density at radius 2 is 1.89 bits per heavy atom. The van der Waals surface area contributed by atoms with Crippen LogP contribution >= 0.6 is 0 Å². The molecule has 38 heavy (non-hydrogen) atoms. The molecule has 0 N–H and O–H groups in total. The van der Waals surface area contributed by atoms with Crippen LogP contribution in [0.15, 0.2) is 16.9 Å². The number of aryl methyl sites for hydroxylation is 2. The average molecular weight is 524 g/mol. The molecular weight excluding hydrogens is 489 g/mol. The molecule has 10 nitrogen and oxygen atoms in total. The van der Waals surface area contributed by atoms with E-state index in [-0.39, 0.29) is 36.0 Å². The Morgan fingerprint density at radius 1 is 1.18 bits per heavy atom. The Kier molecular flexibility index (Phi) is 6.34. The molecule has 2 aliphatic rings. The second-order valence-electron chi connectivity index (χ2n) is 10.7. The number of halogens is 1. The molecular formula is C27H34FN7O3. The van der Waals surface area contributed by atoms with Crippen LogP contribution in [0, 0.1) is 17.1 Å². The molecule has 4 heterocycles. The van der Waals surface area contributed by atoms with Gasteiger partial charge in [-0.25, -0.2) is 14.2 Å². The quantitative estimate of drug-likeness (QED) is 0.501. The summed E-state index contributed by atoms with van der Waals surface area (Å²) in [7, 11) is 1.69. The van der Waals surface area contributed by atoms with Gasteiger partial charge >= 0.3 is 5.69 Å². The van der Waals surface area contributed by atoms with Crippen molar-refractivity contribution in [2.75, 3.05) is 18.0 Å². The lowest BCUT2D eigenvalue weighted by atomic mass is 9.99. The van der Waals surface area contributed by atoms with Crippen LogP contribution in [0.4, 0.5) is 10.2 Å². The summed E-state index contributed by atoms with van der Waals surface area (Å²) in [6.45, 7) is 13.7. The van der Waals surface area contributed by atoms with E-state index in [9.17, 15) is 14.4 Å². The number of hydrogen-bond acceptors (Lipinski definition) is 8. The highest BCUT2D eigenvalue weighted by Crippen LogP contribution is 2.47. The minimum atomic E-state index is -0.931. The second-order valence-corrected chi connectivity index (χ2v) is 10.7. The van der Waals surface area contributed by atoms with E-state index in [4.69, 9.17) is 14.5 Å². The molecule has 1 saturated heterocycles. The fourth-order valence-corrected chi connectivity index (χ4v) is 5.79. The van der Waals surface area contributed by atoms with Crippen LogP contribution in [0.1, 0.15) is 59.0 Å². The number of ether oxygens (including phenoxy) is 2. The lowest BCUT2D eigenvalue weighted by molar-refractivity contribution is -0.0453. The third kappa shape index (κ3) is 4.07. The van der Waals surface area contributed by atoms with E-state index in [1.165, 1.54) is 10.6 Å². The molecule has 202 valence electrons. The van der Waals surface area contributed by atoms with E-state index >= 15 is 0 Å². The molecule has 2 aromatic heterocycles. The summed E-state index contributed by atoms with van der Waals surface area (Å²) in [5.74, 6) is 0.412. The van der Waals surface area contributed by atoms with Crippen LogP contribution in [-0.2, 0) is 20.0 Å². The van der Waals surface area contributed by atoms with E-state index in [1.54, 1.807) is 27.0 Å². The lowest BCUT2D eigenvalue weighted by Gasteiger charge is -2.47. The van der Waals surface area contributed by atoms with Crippen LogP contribution < -0.4 is 20.1 Å². The summed E-state index contributed by atoms with van der Waals surface area (Å²) in [6.07, 6.45) is 0.151. The molecule has 0 saturated carbocycles. The summed E-state index contributed by atoms with van der Waals surface area (Å²) in [6, 6.07) is 5.39. The van der Waals surface area contributed by atoms with Crippen molar-refractivity contribution < 1.29 is 13.9 Å². The van der Waals surface area contributed by atoms with Crippen molar-refractivity contribution >= 4 is 17.0 Å². The van der Waals surface area contributed by atoms with E-state index in [0.717, 1.165) is 5.56 Å². The Bertz CT molecular complexity index is 1510. The normalized spacial score (nSPS) is 21.6. The molecule has 1 unspecified atom stereocenters. The van der Waals surface area contributed by atoms with Gasteiger partial charge in [-0.3, -0.25) is 9.47 Å². The zero-order valence-electron chi connectivity index (χ0n) is 22.9. The van der Waals surface area contributed by atoms with Crippen LogP contribution in [-0.4, -0.2) is 55.0 Å². The van der Waals surface area contributed by atoms with Gasteiger partial charge in [0.2, 0.25) is 11.5 Å². The number of rotatable bonds is 5. The minimum Gasteiger partial charge on any atom is -0.449 e. The predicted octanol–water partition coefficient (Wildman–Crippen LogP) is 3.52. The molecule has 3 aromatic rings. The first-order chi connectivity index (χ1) is 18.0. The van der Waals surface area contributed by atoms with Crippen molar-refractivity contribution in [2.45, 2.75) is 78.4 Å². The fourth-order valence-electron chi connectivity index (χ4n) is 5.79. The summed E-state index contributed by atoms with van der Waals surface area (Å²) >= 11 is 0. The smallest absolute Gasteiger partial charge is 0.350 e. The van der Waals surface area contributed by atoms with E-state index < -0.39 is 11.6 Å². The standard InChI is InChI=1S/C27H34FN7O3/c1-8-33-20(11-12-29)30-21-24(31-26(36)32(7)25(21)33)35-14-15(2)34(13-16(35)3)17(4)18-9-10-19(28)23-22(18)37-27(5,6)38-23/h9-10,15-17H,8,11,13-14H2,1-7H3/t15-,16+,17?/m1/s1. The lowest BCUT2D eigenvalue weighted by Crippen LogP contribution is -2.57. The van der Waals surface area contributed by atoms with Crippen LogP contribution in [0.5, 0.6) is 11.5 Å². The van der Waals surface area contributed by atoms with Crippen molar-refractivity contribution in [1.29, 1.82) is 5.26 Å². The minimum absolute atomic E-state index is 0.00440. The van der Waals surface area contributed by atoms with Gasteiger partial charge in [0.25, 0.3) is 0 Å². The number of nitrogens with zero attached hydrogens (tertiary/aromatic N) is 7. The topological polar surface area (TPSA) is 101 Å². The number of imidazole rings is 1. The van der Waals surface area contributed by atoms with Gasteiger partial charge < -0.3 is 18.9 Å². The van der Waals surface area contributed by atoms with Crippen LogP contribution in [0.2, 0.25) is 0 Å². The highest BCUT2D eigenvalue weighted by molar-refractivity contribution is 5.84. The molecule has 1 fully saturated rings. The van der Waals surface area contributed by atoms with E-state index in [0.29, 0.717) is 48.2 Å². The van der Waals surface area contributed by atoms with E-state index in [1.807, 2.05) is 11.5 Å². The first-order valence-electron chi connectivity index (χ1n) is 13.0. The van der Waals surface area contributed by atoms with Crippen LogP contribution in [0.3, 0.4) is 0 Å². The molecule has 0 aliphatic carbocycles. The van der Waals surface area contributed by atoms with Gasteiger partial charge in [-0.15, -0.1) is 0 Å². The number of aromatic nitrogens is 4.